The first-order valence-corrected chi connectivity index (χ1v) is 7.68. The fourth-order valence-electron chi connectivity index (χ4n) is 2.78. The van der Waals surface area contributed by atoms with Crippen LogP contribution in [0.5, 0.6) is 5.75 Å². The van der Waals surface area contributed by atoms with Crippen molar-refractivity contribution in [3.8, 4) is 5.75 Å². The molecule has 2 rings (SSSR count). The van der Waals surface area contributed by atoms with Gasteiger partial charge in [-0.25, -0.2) is 0 Å². The summed E-state index contributed by atoms with van der Waals surface area (Å²) in [7, 11) is 0. The summed E-state index contributed by atoms with van der Waals surface area (Å²) in [6.07, 6.45) is 4.17. The molecule has 106 valence electrons. The van der Waals surface area contributed by atoms with Crippen LogP contribution in [0, 0.1) is 5.92 Å². The summed E-state index contributed by atoms with van der Waals surface area (Å²) in [5, 5.41) is 3.55. The van der Waals surface area contributed by atoms with Crippen LogP contribution in [0.2, 0.25) is 0 Å². The van der Waals surface area contributed by atoms with E-state index < -0.39 is 0 Å². The first-order valence-electron chi connectivity index (χ1n) is 7.68. The third-order valence-corrected chi connectivity index (χ3v) is 3.93. The van der Waals surface area contributed by atoms with Gasteiger partial charge in [0.25, 0.3) is 0 Å². The van der Waals surface area contributed by atoms with E-state index in [2.05, 4.69) is 50.4 Å². The SMILES string of the molecule is CCCNCC1CCC1c1ccc(OC(C)C)cc1. The third-order valence-electron chi connectivity index (χ3n) is 3.93. The summed E-state index contributed by atoms with van der Waals surface area (Å²) in [4.78, 5) is 0. The van der Waals surface area contributed by atoms with E-state index in [4.69, 9.17) is 4.74 Å². The van der Waals surface area contributed by atoms with E-state index in [9.17, 15) is 0 Å². The molecule has 2 atom stereocenters. The van der Waals surface area contributed by atoms with Crippen molar-refractivity contribution in [1.29, 1.82) is 0 Å². The van der Waals surface area contributed by atoms with Crippen LogP contribution in [0.3, 0.4) is 0 Å². The molecule has 0 spiro atoms. The van der Waals surface area contributed by atoms with Crippen LogP contribution in [0.25, 0.3) is 0 Å². The number of benzene rings is 1. The van der Waals surface area contributed by atoms with Crippen LogP contribution in [-0.2, 0) is 0 Å². The molecule has 1 aromatic rings. The van der Waals surface area contributed by atoms with Crippen molar-refractivity contribution in [1.82, 2.24) is 5.32 Å². The van der Waals surface area contributed by atoms with Gasteiger partial charge in [0.15, 0.2) is 0 Å². The minimum absolute atomic E-state index is 0.251. The summed E-state index contributed by atoms with van der Waals surface area (Å²) >= 11 is 0. The molecule has 2 unspecified atom stereocenters. The van der Waals surface area contributed by atoms with Gasteiger partial charge < -0.3 is 10.1 Å². The predicted molar refractivity (Wildman–Crippen MR) is 80.8 cm³/mol. The highest BCUT2D eigenvalue weighted by atomic mass is 16.5. The average Bonchev–Trinajstić information content (AvgIpc) is 2.35. The van der Waals surface area contributed by atoms with E-state index in [-0.39, 0.29) is 6.10 Å². The van der Waals surface area contributed by atoms with Gasteiger partial charge in [0.2, 0.25) is 0 Å². The maximum atomic E-state index is 5.69. The zero-order valence-electron chi connectivity index (χ0n) is 12.5. The van der Waals surface area contributed by atoms with Crippen LogP contribution >= 0.6 is 0 Å². The Balaban J connectivity index is 1.87. The molecule has 2 heteroatoms. The molecular weight excluding hydrogens is 234 g/mol. The fraction of sp³-hybridized carbons (Fsp3) is 0.647. The largest absolute Gasteiger partial charge is 0.491 e. The molecular formula is C17H27NO. The Morgan fingerprint density at radius 1 is 1.21 bits per heavy atom. The molecule has 0 heterocycles. The van der Waals surface area contributed by atoms with Gasteiger partial charge in [-0.15, -0.1) is 0 Å². The van der Waals surface area contributed by atoms with Crippen LogP contribution in [-0.4, -0.2) is 19.2 Å². The van der Waals surface area contributed by atoms with Gasteiger partial charge in [-0.05, 0) is 75.7 Å². The van der Waals surface area contributed by atoms with Crippen molar-refractivity contribution in [2.24, 2.45) is 5.92 Å². The van der Waals surface area contributed by atoms with E-state index in [0.29, 0.717) is 0 Å². The number of nitrogens with one attached hydrogen (secondary N) is 1. The first kappa shape index (κ1) is 14.4. The van der Waals surface area contributed by atoms with Gasteiger partial charge in [0, 0.05) is 0 Å². The summed E-state index contributed by atoms with van der Waals surface area (Å²) in [6.45, 7) is 8.66. The monoisotopic (exact) mass is 261 g/mol. The van der Waals surface area contributed by atoms with Crippen LogP contribution in [0.1, 0.15) is 51.5 Å². The van der Waals surface area contributed by atoms with Crippen molar-refractivity contribution < 1.29 is 4.74 Å². The van der Waals surface area contributed by atoms with Crippen LogP contribution in [0.4, 0.5) is 0 Å². The fourth-order valence-corrected chi connectivity index (χ4v) is 2.78. The molecule has 19 heavy (non-hydrogen) atoms. The number of ether oxygens (including phenoxy) is 1. The normalized spacial score (nSPS) is 22.3. The molecule has 0 amide bonds. The highest BCUT2D eigenvalue weighted by Gasteiger charge is 2.31. The molecule has 1 fully saturated rings. The lowest BCUT2D eigenvalue weighted by molar-refractivity contribution is 0.239. The highest BCUT2D eigenvalue weighted by molar-refractivity contribution is 5.31. The maximum absolute atomic E-state index is 5.69. The van der Waals surface area contributed by atoms with Crippen LogP contribution < -0.4 is 10.1 Å². The third kappa shape index (κ3) is 3.97. The van der Waals surface area contributed by atoms with Crippen molar-refractivity contribution in [2.75, 3.05) is 13.1 Å². The van der Waals surface area contributed by atoms with E-state index in [0.717, 1.165) is 24.1 Å². The number of hydrogen-bond acceptors (Lipinski definition) is 2. The minimum atomic E-state index is 0.251. The van der Waals surface area contributed by atoms with Crippen molar-refractivity contribution in [3.63, 3.8) is 0 Å². The van der Waals surface area contributed by atoms with Gasteiger partial charge in [-0.1, -0.05) is 19.1 Å². The molecule has 1 saturated carbocycles. The van der Waals surface area contributed by atoms with E-state index in [1.807, 2.05) is 0 Å². The van der Waals surface area contributed by atoms with Crippen molar-refractivity contribution in [3.05, 3.63) is 29.8 Å². The summed E-state index contributed by atoms with van der Waals surface area (Å²) in [5.74, 6) is 2.56. The molecule has 2 nitrogen and oxygen atoms in total. The molecule has 1 aliphatic carbocycles. The Bertz CT molecular complexity index is 371. The van der Waals surface area contributed by atoms with Gasteiger partial charge in [0.1, 0.15) is 5.75 Å². The minimum Gasteiger partial charge on any atom is -0.491 e. The average molecular weight is 261 g/mol. The van der Waals surface area contributed by atoms with Crippen molar-refractivity contribution >= 4 is 0 Å². The number of hydrogen-bond donors (Lipinski definition) is 1. The summed E-state index contributed by atoms with van der Waals surface area (Å²) in [6, 6.07) is 8.72. The van der Waals surface area contributed by atoms with Gasteiger partial charge in [-0.3, -0.25) is 0 Å². The lowest BCUT2D eigenvalue weighted by Crippen LogP contribution is -2.34. The Labute approximate surface area is 117 Å². The second-order valence-corrected chi connectivity index (χ2v) is 5.88. The van der Waals surface area contributed by atoms with E-state index >= 15 is 0 Å². The van der Waals surface area contributed by atoms with Crippen molar-refractivity contribution in [2.45, 2.75) is 52.1 Å². The molecule has 0 aliphatic heterocycles. The first-order chi connectivity index (χ1) is 9.20. The Morgan fingerprint density at radius 3 is 2.47 bits per heavy atom. The molecule has 0 bridgehead atoms. The number of rotatable bonds is 7. The Hall–Kier alpha value is -1.02. The summed E-state index contributed by atoms with van der Waals surface area (Å²) in [5.41, 5.74) is 1.48. The molecule has 1 N–H and O–H groups in total. The Morgan fingerprint density at radius 2 is 1.95 bits per heavy atom. The lowest BCUT2D eigenvalue weighted by atomic mass is 9.70. The summed E-state index contributed by atoms with van der Waals surface area (Å²) < 4.78 is 5.69. The topological polar surface area (TPSA) is 21.3 Å². The standard InChI is InChI=1S/C17H27NO/c1-4-11-18-12-15-7-10-17(15)14-5-8-16(9-6-14)19-13(2)3/h5-6,8-9,13,15,17-18H,4,7,10-12H2,1-3H3. The van der Waals surface area contributed by atoms with Gasteiger partial charge in [0.05, 0.1) is 6.10 Å². The molecule has 1 aromatic carbocycles. The highest BCUT2D eigenvalue weighted by Crippen LogP contribution is 2.42. The second-order valence-electron chi connectivity index (χ2n) is 5.88. The smallest absolute Gasteiger partial charge is 0.119 e. The lowest BCUT2D eigenvalue weighted by Gasteiger charge is -2.37. The van der Waals surface area contributed by atoms with Gasteiger partial charge >= 0.3 is 0 Å². The molecule has 1 aliphatic rings. The second kappa shape index (κ2) is 6.95. The zero-order chi connectivity index (χ0) is 13.7. The van der Waals surface area contributed by atoms with E-state index in [1.165, 1.54) is 31.4 Å². The molecule has 0 saturated heterocycles. The van der Waals surface area contributed by atoms with Gasteiger partial charge in [-0.2, -0.15) is 0 Å². The maximum Gasteiger partial charge on any atom is 0.119 e. The quantitative estimate of drug-likeness (QED) is 0.750. The zero-order valence-corrected chi connectivity index (χ0v) is 12.5. The predicted octanol–water partition coefficient (Wildman–Crippen LogP) is 3.97. The van der Waals surface area contributed by atoms with E-state index in [1.54, 1.807) is 0 Å². The molecule has 0 radical (unpaired) electrons. The molecule has 0 aromatic heterocycles. The Kier molecular flexibility index (Phi) is 5.26. The van der Waals surface area contributed by atoms with Crippen LogP contribution in [0.15, 0.2) is 24.3 Å².